The van der Waals surface area contributed by atoms with E-state index in [2.05, 4.69) is 0 Å². The average molecular weight is 496 g/mol. The van der Waals surface area contributed by atoms with Crippen LogP contribution in [0.15, 0.2) is 24.3 Å². The molecule has 11 nitrogen and oxygen atoms in total. The third kappa shape index (κ3) is 5.91. The molecular weight excluding hydrogens is 462 g/mol. The van der Waals surface area contributed by atoms with Crippen molar-refractivity contribution in [2.75, 3.05) is 47.4 Å². The summed E-state index contributed by atoms with van der Waals surface area (Å²) in [6.07, 6.45) is 0. The Balaban J connectivity index is 2.57. The van der Waals surface area contributed by atoms with E-state index in [1.807, 2.05) is 0 Å². The van der Waals surface area contributed by atoms with Crippen LogP contribution in [-0.2, 0) is 49.4 Å². The largest absolute Gasteiger partial charge is 0.497 e. The van der Waals surface area contributed by atoms with Gasteiger partial charge in [0.1, 0.15) is 12.5 Å². The molecule has 0 bridgehead atoms. The van der Waals surface area contributed by atoms with Gasteiger partial charge in [0.2, 0.25) is 5.91 Å². The summed E-state index contributed by atoms with van der Waals surface area (Å²) in [5, 5.41) is 0. The second-order valence-electron chi connectivity index (χ2n) is 7.63. The number of hydrogen-bond acceptors (Lipinski definition) is 10. The molecule has 2 rings (SSSR count). The van der Waals surface area contributed by atoms with Gasteiger partial charge < -0.3 is 33.3 Å². The second kappa shape index (κ2) is 13.1. The van der Waals surface area contributed by atoms with Crippen LogP contribution < -0.4 is 4.74 Å². The predicted molar refractivity (Wildman–Crippen MR) is 121 cm³/mol. The van der Waals surface area contributed by atoms with E-state index in [-0.39, 0.29) is 39.8 Å². The van der Waals surface area contributed by atoms with E-state index in [0.717, 1.165) is 0 Å². The number of nitrogens with zero attached hydrogens (tertiary/aromatic N) is 1. The van der Waals surface area contributed by atoms with Gasteiger partial charge in [-0.25, -0.2) is 4.79 Å². The first-order valence-electron chi connectivity index (χ1n) is 11.3. The van der Waals surface area contributed by atoms with Crippen molar-refractivity contribution in [2.24, 2.45) is 11.8 Å². The van der Waals surface area contributed by atoms with Gasteiger partial charge in [-0.1, -0.05) is 12.1 Å². The Bertz CT molecular complexity index is 869. The molecule has 1 fully saturated rings. The number of β-lactam (4-membered cyclic amide) rings is 1. The van der Waals surface area contributed by atoms with E-state index in [0.29, 0.717) is 11.3 Å². The topological polar surface area (TPSA) is 127 Å². The van der Waals surface area contributed by atoms with Crippen LogP contribution in [0, 0.1) is 11.8 Å². The molecule has 35 heavy (non-hydrogen) atoms. The molecule has 1 aliphatic heterocycles. The molecule has 2 atom stereocenters. The fraction of sp³-hybridized carbons (Fsp3) is 0.583. The number of benzene rings is 1. The average Bonchev–Trinajstić information content (AvgIpc) is 2.85. The van der Waals surface area contributed by atoms with Gasteiger partial charge in [0.05, 0.1) is 39.5 Å². The molecule has 1 saturated heterocycles. The Morgan fingerprint density at radius 3 is 2.00 bits per heavy atom. The molecule has 1 heterocycles. The van der Waals surface area contributed by atoms with Crippen LogP contribution in [0.3, 0.4) is 0 Å². The SMILES string of the molecule is CCOC(=O)C(C(=O)OCC)C1C(=O)N(Cc2ccc(OC)cc2)[C@]1(COCOC)C(=O)OCC. The van der Waals surface area contributed by atoms with Gasteiger partial charge in [-0.15, -0.1) is 0 Å². The van der Waals surface area contributed by atoms with Crippen LogP contribution in [0.1, 0.15) is 26.3 Å². The molecule has 1 aliphatic rings. The van der Waals surface area contributed by atoms with E-state index >= 15 is 0 Å². The maximum atomic E-state index is 13.5. The number of methoxy groups -OCH3 is 2. The monoisotopic (exact) mass is 495 g/mol. The van der Waals surface area contributed by atoms with Crippen molar-refractivity contribution in [1.82, 2.24) is 4.90 Å². The number of rotatable bonds is 14. The molecular formula is C24H33NO10. The molecule has 1 unspecified atom stereocenters. The number of amides is 1. The van der Waals surface area contributed by atoms with Gasteiger partial charge >= 0.3 is 17.9 Å². The number of ether oxygens (including phenoxy) is 6. The van der Waals surface area contributed by atoms with Crippen molar-refractivity contribution in [2.45, 2.75) is 32.9 Å². The standard InChI is InChI=1S/C24H33NO10/c1-6-33-21(27)18(22(28)34-7-2)19-20(26)25(13-16-9-11-17(31-5)12-10-16)24(19,14-32-15-30-4)23(29)35-8-3/h9-12,18-19H,6-8,13-15H2,1-5H3/t19?,24-/m0/s1. The lowest BCUT2D eigenvalue weighted by molar-refractivity contribution is -0.215. The lowest BCUT2D eigenvalue weighted by Gasteiger charge is -2.56. The molecule has 1 aromatic rings. The highest BCUT2D eigenvalue weighted by molar-refractivity contribution is 6.08. The highest BCUT2D eigenvalue weighted by Crippen LogP contribution is 2.46. The van der Waals surface area contributed by atoms with Crippen molar-refractivity contribution in [3.8, 4) is 5.75 Å². The van der Waals surface area contributed by atoms with Crippen LogP contribution in [0.5, 0.6) is 5.75 Å². The zero-order valence-corrected chi connectivity index (χ0v) is 20.7. The molecule has 1 aromatic carbocycles. The maximum absolute atomic E-state index is 13.5. The minimum atomic E-state index is -1.80. The Morgan fingerprint density at radius 2 is 1.51 bits per heavy atom. The molecule has 0 spiro atoms. The molecule has 11 heteroatoms. The smallest absolute Gasteiger partial charge is 0.335 e. The normalized spacial score (nSPS) is 19.2. The first-order valence-corrected chi connectivity index (χ1v) is 11.3. The fourth-order valence-corrected chi connectivity index (χ4v) is 4.05. The van der Waals surface area contributed by atoms with Gasteiger partial charge in [0, 0.05) is 13.7 Å². The third-order valence-electron chi connectivity index (χ3n) is 5.59. The van der Waals surface area contributed by atoms with Gasteiger partial charge in [0.25, 0.3) is 0 Å². The van der Waals surface area contributed by atoms with Crippen molar-refractivity contribution in [3.63, 3.8) is 0 Å². The zero-order valence-electron chi connectivity index (χ0n) is 20.7. The Kier molecular flexibility index (Phi) is 10.5. The fourth-order valence-electron chi connectivity index (χ4n) is 4.05. The van der Waals surface area contributed by atoms with Crippen molar-refractivity contribution in [1.29, 1.82) is 0 Å². The zero-order chi connectivity index (χ0) is 26.0. The molecule has 0 saturated carbocycles. The first kappa shape index (κ1) is 28.1. The summed E-state index contributed by atoms with van der Waals surface area (Å²) < 4.78 is 31.1. The molecule has 0 N–H and O–H groups in total. The summed E-state index contributed by atoms with van der Waals surface area (Å²) in [5.41, 5.74) is -1.11. The highest BCUT2D eigenvalue weighted by atomic mass is 16.7. The summed E-state index contributed by atoms with van der Waals surface area (Å²) >= 11 is 0. The second-order valence-corrected chi connectivity index (χ2v) is 7.63. The molecule has 194 valence electrons. The lowest BCUT2D eigenvalue weighted by atomic mass is 9.66. The van der Waals surface area contributed by atoms with E-state index in [9.17, 15) is 19.2 Å². The van der Waals surface area contributed by atoms with Crippen LogP contribution in [0.4, 0.5) is 0 Å². The minimum Gasteiger partial charge on any atom is -0.497 e. The number of carbonyl (C=O) groups excluding carboxylic acids is 4. The predicted octanol–water partition coefficient (Wildman–Crippen LogP) is 1.32. The van der Waals surface area contributed by atoms with E-state index in [1.54, 1.807) is 45.0 Å². The summed E-state index contributed by atoms with van der Waals surface area (Å²) in [6, 6.07) is 6.90. The highest BCUT2D eigenvalue weighted by Gasteiger charge is 2.71. The summed E-state index contributed by atoms with van der Waals surface area (Å²) in [5.74, 6) is -5.86. The number of likely N-dealkylation sites (tertiary alicyclic amines) is 1. The lowest BCUT2D eigenvalue weighted by Crippen LogP contribution is -2.79. The quantitative estimate of drug-likeness (QED) is 0.0931. The van der Waals surface area contributed by atoms with Gasteiger partial charge in [-0.05, 0) is 38.5 Å². The summed E-state index contributed by atoms with van der Waals surface area (Å²) in [6.45, 7) is 4.12. The van der Waals surface area contributed by atoms with E-state index < -0.39 is 41.2 Å². The maximum Gasteiger partial charge on any atom is 0.335 e. The summed E-state index contributed by atoms with van der Waals surface area (Å²) in [7, 11) is 2.93. The van der Waals surface area contributed by atoms with Crippen LogP contribution in [-0.4, -0.2) is 81.7 Å². The third-order valence-corrected chi connectivity index (χ3v) is 5.59. The first-order chi connectivity index (χ1) is 16.8. The van der Waals surface area contributed by atoms with Crippen molar-refractivity contribution in [3.05, 3.63) is 29.8 Å². The van der Waals surface area contributed by atoms with Crippen molar-refractivity contribution >= 4 is 23.8 Å². The number of hydrogen-bond donors (Lipinski definition) is 0. The Morgan fingerprint density at radius 1 is 0.943 bits per heavy atom. The van der Waals surface area contributed by atoms with Crippen LogP contribution >= 0.6 is 0 Å². The van der Waals surface area contributed by atoms with Gasteiger partial charge in [0.15, 0.2) is 11.5 Å². The minimum absolute atomic E-state index is 0.00558. The Hall–Kier alpha value is -3.18. The molecule has 1 amide bonds. The molecule has 0 aliphatic carbocycles. The van der Waals surface area contributed by atoms with Gasteiger partial charge in [-0.2, -0.15) is 0 Å². The molecule has 0 aromatic heterocycles. The van der Waals surface area contributed by atoms with Crippen LogP contribution in [0.25, 0.3) is 0 Å². The van der Waals surface area contributed by atoms with E-state index in [1.165, 1.54) is 19.1 Å². The number of carbonyl (C=O) groups is 4. The summed E-state index contributed by atoms with van der Waals surface area (Å²) in [4.78, 5) is 53.8. The Labute approximate surface area is 204 Å². The van der Waals surface area contributed by atoms with E-state index in [4.69, 9.17) is 28.4 Å². The number of esters is 3. The molecule has 0 radical (unpaired) electrons. The van der Waals surface area contributed by atoms with Gasteiger partial charge in [-0.3, -0.25) is 14.4 Å². The van der Waals surface area contributed by atoms with Crippen molar-refractivity contribution < 1.29 is 47.6 Å². The van der Waals surface area contributed by atoms with Crippen LogP contribution in [0.2, 0.25) is 0 Å².